The van der Waals surface area contributed by atoms with Crippen LogP contribution in [0.5, 0.6) is 0 Å². The molecular weight excluding hydrogens is 202 g/mol. The highest BCUT2D eigenvalue weighted by molar-refractivity contribution is 5.98. The highest BCUT2D eigenvalue weighted by atomic mass is 16.2. The molecule has 86 valence electrons. The Kier molecular flexibility index (Phi) is 3.08. The molecule has 1 unspecified atom stereocenters. The third-order valence-electron chi connectivity index (χ3n) is 3.15. The second-order valence-electron chi connectivity index (χ2n) is 4.31. The van der Waals surface area contributed by atoms with Gasteiger partial charge in [-0.15, -0.1) is 0 Å². The fourth-order valence-electron chi connectivity index (χ4n) is 2.14. The van der Waals surface area contributed by atoms with Crippen LogP contribution in [0.25, 0.3) is 0 Å². The molecule has 0 radical (unpaired) electrons. The molecule has 0 aliphatic carbocycles. The first-order valence-electron chi connectivity index (χ1n) is 5.70. The predicted molar refractivity (Wildman–Crippen MR) is 63.0 cm³/mol. The molecule has 2 N–H and O–H groups in total. The molecule has 2 heterocycles. The molecule has 0 aromatic carbocycles. The highest BCUT2D eigenvalue weighted by Gasteiger charge is 2.25. The molecule has 1 saturated heterocycles. The normalized spacial score (nSPS) is 20.8. The second-order valence-corrected chi connectivity index (χ2v) is 4.31. The van der Waals surface area contributed by atoms with Gasteiger partial charge < -0.3 is 10.6 Å². The summed E-state index contributed by atoms with van der Waals surface area (Å²) in [6.45, 7) is 2.91. The summed E-state index contributed by atoms with van der Waals surface area (Å²) in [6.07, 6.45) is 6.51. The Bertz CT molecular complexity index is 392. The molecule has 0 spiro atoms. The van der Waals surface area contributed by atoms with Crippen molar-refractivity contribution in [3.63, 3.8) is 0 Å². The summed E-state index contributed by atoms with van der Waals surface area (Å²) in [6, 6.07) is 1.97. The van der Waals surface area contributed by atoms with Crippen LogP contribution in [-0.4, -0.2) is 28.4 Å². The number of anilines is 1. The Morgan fingerprint density at radius 1 is 1.56 bits per heavy atom. The van der Waals surface area contributed by atoms with Crippen molar-refractivity contribution >= 4 is 11.6 Å². The molecule has 1 fully saturated rings. The minimum absolute atomic E-state index is 0.0119. The van der Waals surface area contributed by atoms with Crippen LogP contribution in [0.1, 0.15) is 36.5 Å². The lowest BCUT2D eigenvalue weighted by Crippen LogP contribution is -2.42. The molecule has 1 aliphatic heterocycles. The first-order chi connectivity index (χ1) is 7.70. The number of nitrogens with two attached hydrogens (primary N) is 1. The van der Waals surface area contributed by atoms with Gasteiger partial charge in [0.2, 0.25) is 0 Å². The third kappa shape index (κ3) is 2.01. The number of aromatic nitrogens is 1. The smallest absolute Gasteiger partial charge is 0.257 e. The van der Waals surface area contributed by atoms with Gasteiger partial charge >= 0.3 is 0 Å². The summed E-state index contributed by atoms with van der Waals surface area (Å²) in [5.74, 6) is 0.0119. The Balaban J connectivity index is 2.21. The zero-order valence-corrected chi connectivity index (χ0v) is 9.52. The molecule has 4 nitrogen and oxygen atoms in total. The molecule has 1 aliphatic rings. The summed E-state index contributed by atoms with van der Waals surface area (Å²) < 4.78 is 0. The maximum Gasteiger partial charge on any atom is 0.257 e. The standard InChI is InChI=1S/C12H17N3O/c1-9-4-2-3-7-15(9)12(16)10-8-14-6-5-11(10)13/h5-6,8-9H,2-4,7H2,1H3,(H2,13,14). The number of hydrogen-bond acceptors (Lipinski definition) is 3. The van der Waals surface area contributed by atoms with E-state index in [4.69, 9.17) is 5.73 Å². The van der Waals surface area contributed by atoms with E-state index < -0.39 is 0 Å². The molecule has 0 saturated carbocycles. The number of nitrogens with zero attached hydrogens (tertiary/aromatic N) is 2. The minimum Gasteiger partial charge on any atom is -0.398 e. The molecule has 1 atom stereocenters. The molecule has 1 aromatic heterocycles. The average molecular weight is 219 g/mol. The van der Waals surface area contributed by atoms with Crippen molar-refractivity contribution < 1.29 is 4.79 Å². The Morgan fingerprint density at radius 2 is 2.38 bits per heavy atom. The summed E-state index contributed by atoms with van der Waals surface area (Å²) in [7, 11) is 0. The number of carbonyl (C=O) groups excluding carboxylic acids is 1. The van der Waals surface area contributed by atoms with Crippen molar-refractivity contribution in [2.45, 2.75) is 32.2 Å². The number of pyridine rings is 1. The zero-order chi connectivity index (χ0) is 11.5. The highest BCUT2D eigenvalue weighted by Crippen LogP contribution is 2.20. The lowest BCUT2D eigenvalue weighted by atomic mass is 10.0. The number of amides is 1. The van der Waals surface area contributed by atoms with E-state index in [1.165, 1.54) is 6.42 Å². The molecule has 2 rings (SSSR count). The fourth-order valence-corrected chi connectivity index (χ4v) is 2.14. The summed E-state index contributed by atoms with van der Waals surface area (Å²) in [4.78, 5) is 18.1. The van der Waals surface area contributed by atoms with Gasteiger partial charge in [-0.3, -0.25) is 9.78 Å². The van der Waals surface area contributed by atoms with Gasteiger partial charge in [-0.25, -0.2) is 0 Å². The van der Waals surface area contributed by atoms with Gasteiger partial charge in [0.15, 0.2) is 0 Å². The van der Waals surface area contributed by atoms with Gasteiger partial charge in [-0.1, -0.05) is 0 Å². The first kappa shape index (κ1) is 10.9. The Labute approximate surface area is 95.5 Å². The minimum atomic E-state index is 0.0119. The number of rotatable bonds is 1. The van der Waals surface area contributed by atoms with E-state index in [2.05, 4.69) is 11.9 Å². The van der Waals surface area contributed by atoms with Gasteiger partial charge in [0, 0.05) is 30.7 Å². The largest absolute Gasteiger partial charge is 0.398 e. The molecule has 4 heteroatoms. The second kappa shape index (κ2) is 4.51. The van der Waals surface area contributed by atoms with E-state index in [1.54, 1.807) is 18.5 Å². The van der Waals surface area contributed by atoms with Gasteiger partial charge in [0.25, 0.3) is 5.91 Å². The van der Waals surface area contributed by atoms with E-state index in [9.17, 15) is 4.79 Å². The lowest BCUT2D eigenvalue weighted by molar-refractivity contribution is 0.0636. The molecule has 0 bridgehead atoms. The Morgan fingerprint density at radius 3 is 3.06 bits per heavy atom. The Hall–Kier alpha value is -1.58. The van der Waals surface area contributed by atoms with Crippen molar-refractivity contribution in [3.8, 4) is 0 Å². The summed E-state index contributed by atoms with van der Waals surface area (Å²) in [5, 5.41) is 0. The number of piperidine rings is 1. The van der Waals surface area contributed by atoms with Crippen LogP contribution in [0.2, 0.25) is 0 Å². The van der Waals surface area contributed by atoms with Crippen LogP contribution in [-0.2, 0) is 0 Å². The predicted octanol–water partition coefficient (Wildman–Crippen LogP) is 1.68. The maximum atomic E-state index is 12.2. The lowest BCUT2D eigenvalue weighted by Gasteiger charge is -2.33. The summed E-state index contributed by atoms with van der Waals surface area (Å²) in [5.41, 5.74) is 6.82. The quantitative estimate of drug-likeness (QED) is 0.781. The molecule has 1 aromatic rings. The van der Waals surface area contributed by atoms with Gasteiger partial charge in [-0.2, -0.15) is 0 Å². The van der Waals surface area contributed by atoms with Crippen LogP contribution in [0, 0.1) is 0 Å². The van der Waals surface area contributed by atoms with Crippen LogP contribution in [0.4, 0.5) is 5.69 Å². The SMILES string of the molecule is CC1CCCCN1C(=O)c1cnccc1N. The van der Waals surface area contributed by atoms with E-state index in [0.717, 1.165) is 19.4 Å². The van der Waals surface area contributed by atoms with E-state index in [-0.39, 0.29) is 5.91 Å². The van der Waals surface area contributed by atoms with Crippen molar-refractivity contribution in [2.75, 3.05) is 12.3 Å². The third-order valence-corrected chi connectivity index (χ3v) is 3.15. The van der Waals surface area contributed by atoms with E-state index >= 15 is 0 Å². The average Bonchev–Trinajstić information content (AvgIpc) is 2.29. The van der Waals surface area contributed by atoms with Crippen molar-refractivity contribution in [2.24, 2.45) is 0 Å². The fraction of sp³-hybridized carbons (Fsp3) is 0.500. The van der Waals surface area contributed by atoms with Crippen molar-refractivity contribution in [1.82, 2.24) is 9.88 Å². The first-order valence-corrected chi connectivity index (χ1v) is 5.70. The summed E-state index contributed by atoms with van der Waals surface area (Å²) >= 11 is 0. The van der Waals surface area contributed by atoms with Crippen LogP contribution in [0.3, 0.4) is 0 Å². The molecular formula is C12H17N3O. The maximum absolute atomic E-state index is 12.2. The van der Waals surface area contributed by atoms with Gasteiger partial charge in [0.1, 0.15) is 0 Å². The number of likely N-dealkylation sites (tertiary alicyclic amines) is 1. The van der Waals surface area contributed by atoms with Crippen molar-refractivity contribution in [1.29, 1.82) is 0 Å². The van der Waals surface area contributed by atoms with Crippen molar-refractivity contribution in [3.05, 3.63) is 24.0 Å². The topological polar surface area (TPSA) is 59.2 Å². The number of carbonyl (C=O) groups is 1. The van der Waals surface area contributed by atoms with E-state index in [0.29, 0.717) is 17.3 Å². The van der Waals surface area contributed by atoms with Crippen LogP contribution < -0.4 is 5.73 Å². The molecule has 16 heavy (non-hydrogen) atoms. The number of nitrogen functional groups attached to an aromatic ring is 1. The van der Waals surface area contributed by atoms with Gasteiger partial charge in [0.05, 0.1) is 5.56 Å². The van der Waals surface area contributed by atoms with E-state index in [1.807, 2.05) is 4.90 Å². The van der Waals surface area contributed by atoms with Crippen LogP contribution in [0.15, 0.2) is 18.5 Å². The van der Waals surface area contributed by atoms with Gasteiger partial charge in [-0.05, 0) is 32.3 Å². The van der Waals surface area contributed by atoms with Crippen LogP contribution >= 0.6 is 0 Å². The number of hydrogen-bond donors (Lipinski definition) is 1. The molecule has 1 amide bonds. The monoisotopic (exact) mass is 219 g/mol. The zero-order valence-electron chi connectivity index (χ0n) is 9.52.